The van der Waals surface area contributed by atoms with Crippen molar-refractivity contribution in [3.63, 3.8) is 0 Å². The Labute approximate surface area is 132 Å². The van der Waals surface area contributed by atoms with Gasteiger partial charge >= 0.3 is 0 Å². The molecule has 1 aliphatic heterocycles. The predicted molar refractivity (Wildman–Crippen MR) is 87.3 cm³/mol. The molecular formula is C18H25NO3. The van der Waals surface area contributed by atoms with Crippen molar-refractivity contribution in [2.75, 3.05) is 20.8 Å². The fourth-order valence-electron chi connectivity index (χ4n) is 3.86. The molecule has 22 heavy (non-hydrogen) atoms. The van der Waals surface area contributed by atoms with Crippen molar-refractivity contribution in [3.8, 4) is 11.5 Å². The largest absolute Gasteiger partial charge is 0.493 e. The summed E-state index contributed by atoms with van der Waals surface area (Å²) in [5.41, 5.74) is 0.318. The normalized spacial score (nSPS) is 31.2. The molecule has 3 rings (SSSR count). The van der Waals surface area contributed by atoms with E-state index < -0.39 is 5.60 Å². The van der Waals surface area contributed by atoms with Crippen molar-refractivity contribution in [2.45, 2.75) is 37.3 Å². The van der Waals surface area contributed by atoms with E-state index in [1.54, 1.807) is 14.2 Å². The van der Waals surface area contributed by atoms with Crippen LogP contribution in [0.2, 0.25) is 0 Å². The van der Waals surface area contributed by atoms with E-state index in [1.165, 1.54) is 6.42 Å². The summed E-state index contributed by atoms with van der Waals surface area (Å²) in [6.07, 6.45) is 8.13. The monoisotopic (exact) mass is 303 g/mol. The number of fused-ring (bicyclic) bond motifs is 1. The van der Waals surface area contributed by atoms with Gasteiger partial charge in [0.1, 0.15) is 0 Å². The quantitative estimate of drug-likeness (QED) is 0.898. The van der Waals surface area contributed by atoms with E-state index in [-0.39, 0.29) is 0 Å². The number of hydrogen-bond acceptors (Lipinski definition) is 4. The van der Waals surface area contributed by atoms with Gasteiger partial charge in [0.25, 0.3) is 0 Å². The minimum atomic E-state index is -0.695. The summed E-state index contributed by atoms with van der Waals surface area (Å²) in [7, 11) is 3.26. The van der Waals surface area contributed by atoms with Gasteiger partial charge in [-0.1, -0.05) is 18.2 Å². The minimum Gasteiger partial charge on any atom is -0.493 e. The zero-order valence-corrected chi connectivity index (χ0v) is 13.3. The molecule has 1 saturated carbocycles. The van der Waals surface area contributed by atoms with Gasteiger partial charge in [-0.15, -0.1) is 0 Å². The minimum absolute atomic E-state index is 0.331. The van der Waals surface area contributed by atoms with Gasteiger partial charge in [-0.2, -0.15) is 0 Å². The highest BCUT2D eigenvalue weighted by Gasteiger charge is 2.44. The molecule has 3 atom stereocenters. The van der Waals surface area contributed by atoms with E-state index in [9.17, 15) is 5.11 Å². The lowest BCUT2D eigenvalue weighted by molar-refractivity contribution is -0.00718. The van der Waals surface area contributed by atoms with Gasteiger partial charge < -0.3 is 19.9 Å². The van der Waals surface area contributed by atoms with Crippen molar-refractivity contribution in [2.24, 2.45) is 5.92 Å². The fourth-order valence-corrected chi connectivity index (χ4v) is 3.86. The Hall–Kier alpha value is -1.52. The third-order valence-electron chi connectivity index (χ3n) is 5.05. The third kappa shape index (κ3) is 2.85. The number of benzene rings is 1. The Bertz CT molecular complexity index is 557. The van der Waals surface area contributed by atoms with Gasteiger partial charge in [0.15, 0.2) is 11.5 Å². The average Bonchev–Trinajstić information content (AvgIpc) is 3.03. The van der Waals surface area contributed by atoms with Crippen molar-refractivity contribution in [3.05, 3.63) is 29.8 Å². The fraction of sp³-hybridized carbons (Fsp3) is 0.556. The van der Waals surface area contributed by atoms with E-state index in [0.29, 0.717) is 17.7 Å². The molecule has 0 radical (unpaired) electrons. The Morgan fingerprint density at radius 1 is 1.23 bits per heavy atom. The smallest absolute Gasteiger partial charge is 0.161 e. The third-order valence-corrected chi connectivity index (χ3v) is 5.05. The predicted octanol–water partition coefficient (Wildman–Crippen LogP) is 2.61. The molecule has 1 aromatic rings. The Balaban J connectivity index is 1.80. The summed E-state index contributed by atoms with van der Waals surface area (Å²) in [6.45, 7) is 1.02. The summed E-state index contributed by atoms with van der Waals surface area (Å²) >= 11 is 0. The second-order valence-electron chi connectivity index (χ2n) is 6.29. The summed E-state index contributed by atoms with van der Waals surface area (Å²) in [4.78, 5) is 0. The number of nitrogens with one attached hydrogen (secondary N) is 1. The zero-order chi connectivity index (χ0) is 15.6. The van der Waals surface area contributed by atoms with Gasteiger partial charge in [0.05, 0.1) is 19.8 Å². The zero-order valence-electron chi connectivity index (χ0n) is 13.3. The molecule has 4 heteroatoms. The van der Waals surface area contributed by atoms with E-state index >= 15 is 0 Å². The molecule has 3 unspecified atom stereocenters. The Kier molecular flexibility index (Phi) is 4.41. The molecule has 1 aliphatic carbocycles. The van der Waals surface area contributed by atoms with Crippen molar-refractivity contribution in [1.82, 2.24) is 5.32 Å². The second kappa shape index (κ2) is 6.31. The second-order valence-corrected chi connectivity index (χ2v) is 6.29. The topological polar surface area (TPSA) is 50.7 Å². The van der Waals surface area contributed by atoms with Crippen LogP contribution in [0.1, 0.15) is 31.2 Å². The lowest BCUT2D eigenvalue weighted by atomic mass is 9.72. The lowest BCUT2D eigenvalue weighted by Crippen LogP contribution is -2.46. The molecule has 2 N–H and O–H groups in total. The number of hydrogen-bond donors (Lipinski definition) is 2. The van der Waals surface area contributed by atoms with E-state index in [2.05, 4.69) is 5.32 Å². The van der Waals surface area contributed by atoms with E-state index in [0.717, 1.165) is 37.1 Å². The molecule has 0 spiro atoms. The van der Waals surface area contributed by atoms with Crippen molar-refractivity contribution < 1.29 is 14.6 Å². The van der Waals surface area contributed by atoms with Gasteiger partial charge in [0.2, 0.25) is 0 Å². The SMILES string of the molecule is COc1ccc(/C=C\C2(O)CCCC3NCCC32)cc1OC. The summed E-state index contributed by atoms with van der Waals surface area (Å²) in [5.74, 6) is 1.76. The summed E-state index contributed by atoms with van der Waals surface area (Å²) < 4.78 is 10.6. The van der Waals surface area contributed by atoms with Crippen molar-refractivity contribution in [1.29, 1.82) is 0 Å². The van der Waals surface area contributed by atoms with Crippen LogP contribution in [0.15, 0.2) is 24.3 Å². The summed E-state index contributed by atoms with van der Waals surface area (Å²) in [5, 5.41) is 14.6. The Morgan fingerprint density at radius 3 is 2.82 bits per heavy atom. The maximum atomic E-state index is 11.0. The number of methoxy groups -OCH3 is 2. The Morgan fingerprint density at radius 2 is 2.05 bits per heavy atom. The molecule has 1 heterocycles. The van der Waals surface area contributed by atoms with Crippen LogP contribution in [0.4, 0.5) is 0 Å². The first kappa shape index (κ1) is 15.4. The first-order chi connectivity index (χ1) is 10.7. The molecule has 1 aromatic carbocycles. The van der Waals surface area contributed by atoms with Crippen LogP contribution in [-0.2, 0) is 0 Å². The number of rotatable bonds is 4. The van der Waals surface area contributed by atoms with E-state index in [4.69, 9.17) is 9.47 Å². The first-order valence-corrected chi connectivity index (χ1v) is 8.03. The number of ether oxygens (including phenoxy) is 2. The highest BCUT2D eigenvalue weighted by Crippen LogP contribution is 2.40. The molecule has 120 valence electrons. The molecule has 0 amide bonds. The van der Waals surface area contributed by atoms with Crippen molar-refractivity contribution >= 4 is 6.08 Å². The van der Waals surface area contributed by atoms with Gasteiger partial charge in [-0.05, 0) is 49.9 Å². The van der Waals surface area contributed by atoms with Gasteiger partial charge in [0, 0.05) is 12.0 Å². The van der Waals surface area contributed by atoms with Crippen LogP contribution in [0.25, 0.3) is 6.08 Å². The number of aliphatic hydroxyl groups is 1. The molecule has 4 nitrogen and oxygen atoms in total. The molecule has 0 bridgehead atoms. The van der Waals surface area contributed by atoms with Crippen LogP contribution < -0.4 is 14.8 Å². The van der Waals surface area contributed by atoms with Crippen LogP contribution >= 0.6 is 0 Å². The van der Waals surface area contributed by atoms with Gasteiger partial charge in [-0.3, -0.25) is 0 Å². The molecule has 2 fully saturated rings. The molecular weight excluding hydrogens is 278 g/mol. The standard InChI is InChI=1S/C18H25NO3/c1-21-16-6-5-13(12-17(16)22-2)7-10-18(20)9-3-4-15-14(18)8-11-19-15/h5-7,10,12,14-15,19-20H,3-4,8-9,11H2,1-2H3/b10-7-. The maximum Gasteiger partial charge on any atom is 0.161 e. The van der Waals surface area contributed by atoms with Crippen LogP contribution in [0, 0.1) is 5.92 Å². The van der Waals surface area contributed by atoms with Gasteiger partial charge in [-0.25, -0.2) is 0 Å². The molecule has 2 aliphatic rings. The highest BCUT2D eigenvalue weighted by molar-refractivity contribution is 5.56. The van der Waals surface area contributed by atoms with Crippen LogP contribution in [0.5, 0.6) is 11.5 Å². The highest BCUT2D eigenvalue weighted by atomic mass is 16.5. The first-order valence-electron chi connectivity index (χ1n) is 8.03. The molecule has 1 saturated heterocycles. The molecule has 0 aromatic heterocycles. The lowest BCUT2D eigenvalue weighted by Gasteiger charge is -2.39. The van der Waals surface area contributed by atoms with Crippen LogP contribution in [-0.4, -0.2) is 37.5 Å². The van der Waals surface area contributed by atoms with Crippen LogP contribution in [0.3, 0.4) is 0 Å². The summed E-state index contributed by atoms with van der Waals surface area (Å²) in [6, 6.07) is 6.28. The average molecular weight is 303 g/mol. The maximum absolute atomic E-state index is 11.0. The van der Waals surface area contributed by atoms with E-state index in [1.807, 2.05) is 30.4 Å².